The maximum Gasteiger partial charge on any atom is 0.227 e. The maximum atomic E-state index is 12.7. The van der Waals surface area contributed by atoms with Gasteiger partial charge in [-0.3, -0.25) is 4.79 Å². The number of allylic oxidation sites excluding steroid dienone is 2. The van der Waals surface area contributed by atoms with E-state index >= 15 is 0 Å². The van der Waals surface area contributed by atoms with Crippen LogP contribution in [0.2, 0.25) is 0 Å². The van der Waals surface area contributed by atoms with Crippen LogP contribution in [-0.2, 0) is 4.79 Å². The first-order valence-electron chi connectivity index (χ1n) is 7.89. The number of Topliss-reactive ketones (excluding diaryl/α,β-unsaturated/α-hetero) is 1. The molecule has 6 nitrogen and oxygen atoms in total. The highest BCUT2D eigenvalue weighted by Gasteiger charge is 2.36. The molecule has 4 rings (SSSR count). The average molecular weight is 342 g/mol. The van der Waals surface area contributed by atoms with Crippen molar-refractivity contribution in [2.24, 2.45) is 0 Å². The summed E-state index contributed by atoms with van der Waals surface area (Å²) in [6, 6.07) is 7.56. The van der Waals surface area contributed by atoms with Crippen molar-refractivity contribution in [1.29, 1.82) is 0 Å². The first-order valence-corrected chi connectivity index (χ1v) is 9.11. The Kier molecular flexibility index (Phi) is 3.80. The second-order valence-corrected chi connectivity index (χ2v) is 6.61. The number of anilines is 1. The van der Waals surface area contributed by atoms with Crippen LogP contribution in [0.5, 0.6) is 5.75 Å². The summed E-state index contributed by atoms with van der Waals surface area (Å²) in [5.74, 6) is 1.65. The van der Waals surface area contributed by atoms with E-state index in [1.165, 1.54) is 11.8 Å². The number of thioether (sulfide) groups is 1. The van der Waals surface area contributed by atoms with E-state index in [2.05, 4.69) is 15.4 Å². The Bertz CT molecular complexity index is 843. The summed E-state index contributed by atoms with van der Waals surface area (Å²) >= 11 is 1.49. The van der Waals surface area contributed by atoms with Gasteiger partial charge in [0, 0.05) is 17.7 Å². The van der Waals surface area contributed by atoms with Gasteiger partial charge < -0.3 is 10.1 Å². The zero-order valence-electron chi connectivity index (χ0n) is 13.6. The smallest absolute Gasteiger partial charge is 0.227 e. The van der Waals surface area contributed by atoms with Crippen LogP contribution in [0.15, 0.2) is 40.7 Å². The fourth-order valence-corrected chi connectivity index (χ4v) is 3.69. The average Bonchev–Trinajstić information content (AvgIpc) is 3.03. The zero-order valence-corrected chi connectivity index (χ0v) is 14.4. The van der Waals surface area contributed by atoms with Gasteiger partial charge in [-0.15, -0.1) is 5.10 Å². The van der Waals surface area contributed by atoms with Crippen LogP contribution in [0.1, 0.15) is 30.9 Å². The predicted octanol–water partition coefficient (Wildman–Crippen LogP) is 3.03. The number of carbonyl (C=O) groups excluding carboxylic acids is 1. The molecule has 1 aromatic heterocycles. The van der Waals surface area contributed by atoms with Crippen molar-refractivity contribution >= 4 is 23.5 Å². The van der Waals surface area contributed by atoms with Gasteiger partial charge in [0.2, 0.25) is 11.1 Å². The molecule has 1 aliphatic carbocycles. The highest BCUT2D eigenvalue weighted by atomic mass is 32.2. The quantitative estimate of drug-likeness (QED) is 0.865. The molecular weight excluding hydrogens is 324 g/mol. The van der Waals surface area contributed by atoms with Crippen molar-refractivity contribution < 1.29 is 9.53 Å². The van der Waals surface area contributed by atoms with Gasteiger partial charge in [0.1, 0.15) is 11.8 Å². The fraction of sp³-hybridized carbons (Fsp3) is 0.353. The molecule has 24 heavy (non-hydrogen) atoms. The van der Waals surface area contributed by atoms with Crippen molar-refractivity contribution in [2.75, 3.05) is 18.7 Å². The third-order valence-electron chi connectivity index (χ3n) is 4.44. The molecule has 2 aromatic rings. The number of ketones is 1. The number of aromatic nitrogens is 3. The molecule has 2 heterocycles. The van der Waals surface area contributed by atoms with Gasteiger partial charge in [-0.1, -0.05) is 23.9 Å². The molecule has 2 aliphatic rings. The highest BCUT2D eigenvalue weighted by Crippen LogP contribution is 2.40. The minimum atomic E-state index is -0.257. The van der Waals surface area contributed by atoms with Crippen LogP contribution in [0, 0.1) is 0 Å². The third-order valence-corrected chi connectivity index (χ3v) is 4.98. The predicted molar refractivity (Wildman–Crippen MR) is 92.4 cm³/mol. The standard InChI is InChI=1S/C17H18N4O2S/c1-23-11-6-3-5-10(9-11)15-14-12(7-4-8-13(14)22)18-16-19-17(24-2)20-21(15)16/h3,5-6,9,15H,4,7-8H2,1-2H3,(H,18,19,20). The van der Waals surface area contributed by atoms with Crippen molar-refractivity contribution in [3.63, 3.8) is 0 Å². The van der Waals surface area contributed by atoms with Crippen molar-refractivity contribution in [1.82, 2.24) is 14.8 Å². The molecule has 0 radical (unpaired) electrons. The molecule has 0 saturated heterocycles. The summed E-state index contributed by atoms with van der Waals surface area (Å²) in [5.41, 5.74) is 2.77. The Hall–Kier alpha value is -2.28. The van der Waals surface area contributed by atoms with E-state index in [-0.39, 0.29) is 11.8 Å². The third kappa shape index (κ3) is 2.39. The molecule has 0 amide bonds. The number of nitrogens with one attached hydrogen (secondary N) is 1. The Balaban J connectivity index is 1.90. The topological polar surface area (TPSA) is 69.0 Å². The summed E-state index contributed by atoms with van der Waals surface area (Å²) in [6.45, 7) is 0. The van der Waals surface area contributed by atoms with Crippen LogP contribution >= 0.6 is 11.8 Å². The zero-order chi connectivity index (χ0) is 16.7. The Morgan fingerprint density at radius 2 is 2.25 bits per heavy atom. The SMILES string of the molecule is COc1cccc(C2C3=C(CCCC3=O)Nc3nc(SC)nn32)c1. The molecule has 1 atom stereocenters. The monoisotopic (exact) mass is 342 g/mol. The van der Waals surface area contributed by atoms with E-state index in [4.69, 9.17) is 4.74 Å². The molecule has 1 N–H and O–H groups in total. The molecular formula is C17H18N4O2S. The van der Waals surface area contributed by atoms with Gasteiger partial charge >= 0.3 is 0 Å². The van der Waals surface area contributed by atoms with Crippen molar-refractivity contribution in [2.45, 2.75) is 30.5 Å². The lowest BCUT2D eigenvalue weighted by Gasteiger charge is -2.32. The fourth-order valence-electron chi connectivity index (χ4n) is 3.34. The van der Waals surface area contributed by atoms with E-state index in [1.807, 2.05) is 35.2 Å². The second kappa shape index (κ2) is 5.98. The molecule has 1 aliphatic heterocycles. The number of nitrogens with zero attached hydrogens (tertiary/aromatic N) is 3. The first kappa shape index (κ1) is 15.3. The van der Waals surface area contributed by atoms with Crippen LogP contribution in [-0.4, -0.2) is 33.9 Å². The molecule has 0 saturated carbocycles. The lowest BCUT2D eigenvalue weighted by atomic mass is 9.85. The second-order valence-electron chi connectivity index (χ2n) is 5.84. The summed E-state index contributed by atoms with van der Waals surface area (Å²) in [4.78, 5) is 17.2. The van der Waals surface area contributed by atoms with E-state index in [1.54, 1.807) is 7.11 Å². The summed E-state index contributed by atoms with van der Waals surface area (Å²) in [5, 5.41) is 8.60. The van der Waals surface area contributed by atoms with Gasteiger partial charge in [0.05, 0.1) is 7.11 Å². The maximum absolute atomic E-state index is 12.7. The Morgan fingerprint density at radius 1 is 1.38 bits per heavy atom. The summed E-state index contributed by atoms with van der Waals surface area (Å²) in [7, 11) is 1.64. The molecule has 0 fully saturated rings. The van der Waals surface area contributed by atoms with Crippen LogP contribution in [0.4, 0.5) is 5.95 Å². The summed E-state index contributed by atoms with van der Waals surface area (Å²) in [6.07, 6.45) is 4.27. The number of hydrogen-bond acceptors (Lipinski definition) is 6. The minimum absolute atomic E-state index is 0.184. The Labute approximate surface area is 144 Å². The van der Waals surface area contributed by atoms with E-state index in [0.29, 0.717) is 17.5 Å². The number of ether oxygens (including phenoxy) is 1. The van der Waals surface area contributed by atoms with Crippen LogP contribution in [0.3, 0.4) is 0 Å². The normalized spacial score (nSPS) is 19.6. The van der Waals surface area contributed by atoms with Crippen LogP contribution in [0.25, 0.3) is 0 Å². The van der Waals surface area contributed by atoms with Gasteiger partial charge in [-0.25, -0.2) is 4.68 Å². The van der Waals surface area contributed by atoms with Crippen molar-refractivity contribution in [3.8, 4) is 5.75 Å². The van der Waals surface area contributed by atoms with Gasteiger partial charge in [-0.05, 0) is 36.8 Å². The molecule has 7 heteroatoms. The summed E-state index contributed by atoms with van der Waals surface area (Å²) < 4.78 is 7.18. The molecule has 1 aromatic carbocycles. The number of benzene rings is 1. The first-order chi connectivity index (χ1) is 11.7. The molecule has 124 valence electrons. The number of carbonyl (C=O) groups is 1. The van der Waals surface area contributed by atoms with Crippen molar-refractivity contribution in [3.05, 3.63) is 41.1 Å². The number of hydrogen-bond donors (Lipinski definition) is 1. The van der Waals surface area contributed by atoms with E-state index < -0.39 is 0 Å². The lowest BCUT2D eigenvalue weighted by Crippen LogP contribution is -2.31. The van der Waals surface area contributed by atoms with Crippen LogP contribution < -0.4 is 10.1 Å². The molecule has 1 unspecified atom stereocenters. The van der Waals surface area contributed by atoms with Gasteiger partial charge in [0.25, 0.3) is 0 Å². The van der Waals surface area contributed by atoms with Gasteiger partial charge in [0.15, 0.2) is 5.78 Å². The minimum Gasteiger partial charge on any atom is -0.497 e. The van der Waals surface area contributed by atoms with E-state index in [9.17, 15) is 4.79 Å². The number of fused-ring (bicyclic) bond motifs is 1. The Morgan fingerprint density at radius 3 is 3.04 bits per heavy atom. The number of methoxy groups -OCH3 is 1. The largest absolute Gasteiger partial charge is 0.497 e. The highest BCUT2D eigenvalue weighted by molar-refractivity contribution is 7.98. The van der Waals surface area contributed by atoms with Gasteiger partial charge in [-0.2, -0.15) is 4.98 Å². The number of rotatable bonds is 3. The molecule has 0 spiro atoms. The lowest BCUT2D eigenvalue weighted by molar-refractivity contribution is -0.116. The molecule has 0 bridgehead atoms. The van der Waals surface area contributed by atoms with E-state index in [0.717, 1.165) is 35.4 Å².